The molecule has 0 heterocycles. The van der Waals surface area contributed by atoms with Crippen LogP contribution in [0.15, 0.2) is 0 Å². The van der Waals surface area contributed by atoms with Gasteiger partial charge in [-0.15, -0.1) is 0 Å². The van der Waals surface area contributed by atoms with Crippen LogP contribution in [-0.2, 0) is 4.74 Å². The first kappa shape index (κ1) is 19.2. The number of aliphatic hydroxyl groups excluding tert-OH is 1. The number of alkyl carbamates (subject to hydrolysis) is 1. The molecule has 0 saturated heterocycles. The molecule has 1 amide bonds. The number of rotatable bonds is 10. The van der Waals surface area contributed by atoms with Crippen molar-refractivity contribution >= 4 is 6.09 Å². The predicted molar refractivity (Wildman–Crippen MR) is 81.8 cm³/mol. The summed E-state index contributed by atoms with van der Waals surface area (Å²) in [6.07, 6.45) is 3.66. The van der Waals surface area contributed by atoms with E-state index in [1.807, 2.05) is 20.8 Å². The van der Waals surface area contributed by atoms with E-state index in [9.17, 15) is 4.79 Å². The molecular weight excluding hydrogens is 256 g/mol. The van der Waals surface area contributed by atoms with Crippen molar-refractivity contribution in [3.05, 3.63) is 0 Å². The first-order valence-corrected chi connectivity index (χ1v) is 7.67. The second-order valence-electron chi connectivity index (χ2n) is 6.15. The highest BCUT2D eigenvalue weighted by Crippen LogP contribution is 2.09. The van der Waals surface area contributed by atoms with E-state index in [0.717, 1.165) is 38.8 Å². The summed E-state index contributed by atoms with van der Waals surface area (Å²) in [6.45, 7) is 10.4. The minimum atomic E-state index is -0.444. The first-order chi connectivity index (χ1) is 9.39. The van der Waals surface area contributed by atoms with Gasteiger partial charge in [-0.3, -0.25) is 0 Å². The lowest BCUT2D eigenvalue weighted by molar-refractivity contribution is 0.0527. The number of aliphatic hydroxyl groups is 1. The number of ether oxygens (including phenoxy) is 1. The third-order valence-corrected chi connectivity index (χ3v) is 2.87. The highest BCUT2D eigenvalue weighted by atomic mass is 16.6. The van der Waals surface area contributed by atoms with Gasteiger partial charge < -0.3 is 20.5 Å². The predicted octanol–water partition coefficient (Wildman–Crippen LogP) is 2.29. The Morgan fingerprint density at radius 1 is 1.25 bits per heavy atom. The Hall–Kier alpha value is -0.810. The minimum absolute atomic E-state index is 0.256. The fourth-order valence-electron chi connectivity index (χ4n) is 1.96. The van der Waals surface area contributed by atoms with Crippen molar-refractivity contribution < 1.29 is 14.6 Å². The van der Waals surface area contributed by atoms with Crippen LogP contribution in [0.25, 0.3) is 0 Å². The van der Waals surface area contributed by atoms with Gasteiger partial charge in [-0.1, -0.05) is 13.3 Å². The first-order valence-electron chi connectivity index (χ1n) is 7.67. The normalized spacial score (nSPS) is 13.1. The van der Waals surface area contributed by atoms with E-state index in [4.69, 9.17) is 9.84 Å². The second-order valence-corrected chi connectivity index (χ2v) is 6.15. The van der Waals surface area contributed by atoms with Gasteiger partial charge in [-0.25, -0.2) is 4.79 Å². The Morgan fingerprint density at radius 2 is 1.95 bits per heavy atom. The van der Waals surface area contributed by atoms with Gasteiger partial charge in [0.1, 0.15) is 5.60 Å². The molecule has 5 nitrogen and oxygen atoms in total. The van der Waals surface area contributed by atoms with Crippen molar-refractivity contribution in [2.75, 3.05) is 26.2 Å². The maximum atomic E-state index is 11.4. The minimum Gasteiger partial charge on any atom is -0.444 e. The highest BCUT2D eigenvalue weighted by Gasteiger charge is 2.15. The Kier molecular flexibility index (Phi) is 10.5. The van der Waals surface area contributed by atoms with E-state index < -0.39 is 5.60 Å². The largest absolute Gasteiger partial charge is 0.444 e. The van der Waals surface area contributed by atoms with Crippen molar-refractivity contribution in [2.24, 2.45) is 5.92 Å². The summed E-state index contributed by atoms with van der Waals surface area (Å²) in [7, 11) is 0. The molecule has 0 aliphatic heterocycles. The second kappa shape index (κ2) is 10.9. The highest BCUT2D eigenvalue weighted by molar-refractivity contribution is 5.67. The van der Waals surface area contributed by atoms with Gasteiger partial charge in [0.25, 0.3) is 0 Å². The molecule has 0 aromatic heterocycles. The summed E-state index contributed by atoms with van der Waals surface area (Å²) in [4.78, 5) is 11.4. The zero-order valence-electron chi connectivity index (χ0n) is 13.5. The monoisotopic (exact) mass is 288 g/mol. The zero-order chi connectivity index (χ0) is 15.4. The molecule has 0 saturated carbocycles. The van der Waals surface area contributed by atoms with Crippen molar-refractivity contribution in [3.8, 4) is 0 Å². The quantitative estimate of drug-likeness (QED) is 0.539. The lowest BCUT2D eigenvalue weighted by atomic mass is 10.0. The number of amides is 1. The van der Waals surface area contributed by atoms with Crippen LogP contribution in [0.5, 0.6) is 0 Å². The van der Waals surface area contributed by atoms with E-state index in [1.54, 1.807) is 0 Å². The molecule has 0 aliphatic carbocycles. The SMILES string of the molecule is CCCC(CCO)CNCCCNC(=O)OC(C)(C)C. The number of nitrogens with one attached hydrogen (secondary N) is 2. The molecule has 3 N–H and O–H groups in total. The van der Waals surface area contributed by atoms with Crippen LogP contribution in [0.2, 0.25) is 0 Å². The smallest absolute Gasteiger partial charge is 0.407 e. The third-order valence-electron chi connectivity index (χ3n) is 2.87. The van der Waals surface area contributed by atoms with E-state index in [2.05, 4.69) is 17.6 Å². The van der Waals surface area contributed by atoms with Crippen LogP contribution in [0.4, 0.5) is 4.79 Å². The molecular formula is C15H32N2O3. The van der Waals surface area contributed by atoms with E-state index in [1.165, 1.54) is 0 Å². The van der Waals surface area contributed by atoms with Crippen LogP contribution in [0.1, 0.15) is 53.4 Å². The average molecular weight is 288 g/mol. The fraction of sp³-hybridized carbons (Fsp3) is 0.933. The van der Waals surface area contributed by atoms with Crippen molar-refractivity contribution in [2.45, 2.75) is 59.0 Å². The summed E-state index contributed by atoms with van der Waals surface area (Å²) in [6, 6.07) is 0. The topological polar surface area (TPSA) is 70.6 Å². The Morgan fingerprint density at radius 3 is 2.50 bits per heavy atom. The maximum absolute atomic E-state index is 11.4. The molecule has 0 radical (unpaired) electrons. The van der Waals surface area contributed by atoms with E-state index in [0.29, 0.717) is 12.5 Å². The average Bonchev–Trinajstić information content (AvgIpc) is 2.31. The summed E-state index contributed by atoms with van der Waals surface area (Å²) >= 11 is 0. The molecule has 120 valence electrons. The molecule has 0 aliphatic rings. The molecule has 0 bridgehead atoms. The summed E-state index contributed by atoms with van der Waals surface area (Å²) in [5, 5.41) is 15.1. The van der Waals surface area contributed by atoms with Gasteiger partial charge >= 0.3 is 6.09 Å². The summed E-state index contributed by atoms with van der Waals surface area (Å²) in [5.41, 5.74) is -0.444. The summed E-state index contributed by atoms with van der Waals surface area (Å²) in [5.74, 6) is 0.545. The molecule has 0 aromatic rings. The molecule has 5 heteroatoms. The number of hydrogen-bond acceptors (Lipinski definition) is 4. The Bertz CT molecular complexity index is 246. The van der Waals surface area contributed by atoms with Crippen molar-refractivity contribution in [1.29, 1.82) is 0 Å². The number of hydrogen-bond donors (Lipinski definition) is 3. The van der Waals surface area contributed by atoms with Gasteiger partial charge in [-0.05, 0) is 59.0 Å². The van der Waals surface area contributed by atoms with Gasteiger partial charge in [0.15, 0.2) is 0 Å². The van der Waals surface area contributed by atoms with Crippen LogP contribution in [0, 0.1) is 5.92 Å². The van der Waals surface area contributed by atoms with Gasteiger partial charge in [0, 0.05) is 13.2 Å². The fourth-order valence-corrected chi connectivity index (χ4v) is 1.96. The zero-order valence-corrected chi connectivity index (χ0v) is 13.5. The molecule has 1 unspecified atom stereocenters. The third kappa shape index (κ3) is 12.2. The summed E-state index contributed by atoms with van der Waals surface area (Å²) < 4.78 is 5.15. The van der Waals surface area contributed by atoms with Crippen LogP contribution in [0.3, 0.4) is 0 Å². The van der Waals surface area contributed by atoms with E-state index in [-0.39, 0.29) is 12.7 Å². The van der Waals surface area contributed by atoms with Gasteiger partial charge in [0.05, 0.1) is 0 Å². The van der Waals surface area contributed by atoms with Gasteiger partial charge in [-0.2, -0.15) is 0 Å². The Balaban J connectivity index is 3.54. The molecule has 1 atom stereocenters. The molecule has 0 aromatic carbocycles. The van der Waals surface area contributed by atoms with Crippen molar-refractivity contribution in [3.63, 3.8) is 0 Å². The van der Waals surface area contributed by atoms with Crippen LogP contribution in [-0.4, -0.2) is 43.0 Å². The Labute approximate surface area is 123 Å². The van der Waals surface area contributed by atoms with Crippen LogP contribution < -0.4 is 10.6 Å². The maximum Gasteiger partial charge on any atom is 0.407 e. The van der Waals surface area contributed by atoms with Gasteiger partial charge in [0.2, 0.25) is 0 Å². The van der Waals surface area contributed by atoms with Crippen molar-refractivity contribution in [1.82, 2.24) is 10.6 Å². The number of carbonyl (C=O) groups is 1. The van der Waals surface area contributed by atoms with Crippen LogP contribution >= 0.6 is 0 Å². The lowest BCUT2D eigenvalue weighted by Crippen LogP contribution is -2.34. The lowest BCUT2D eigenvalue weighted by Gasteiger charge is -2.19. The molecule has 0 rings (SSSR count). The molecule has 20 heavy (non-hydrogen) atoms. The van der Waals surface area contributed by atoms with E-state index >= 15 is 0 Å². The standard InChI is InChI=1S/C15H32N2O3/c1-5-7-13(8-11-18)12-16-9-6-10-17-14(19)20-15(2,3)4/h13,16,18H,5-12H2,1-4H3,(H,17,19). The molecule has 0 spiro atoms. The number of carbonyl (C=O) groups excluding carboxylic acids is 1. The molecule has 0 fully saturated rings.